The van der Waals surface area contributed by atoms with Gasteiger partial charge in [0.1, 0.15) is 62.3 Å². The molecule has 15 rings (SSSR count). The monoisotopic (exact) mass is 2170 g/mol. The molecule has 2 aromatic heterocycles. The number of hydrogen-bond acceptors (Lipinski definition) is 26. The number of halogens is 1. The number of carbonyl (C=O) groups excluding carboxylic acids is 4. The van der Waals surface area contributed by atoms with E-state index in [0.29, 0.717) is 67.8 Å². The van der Waals surface area contributed by atoms with Gasteiger partial charge in [-0.3, -0.25) is 51.6 Å². The molecule has 0 spiro atoms. The highest BCUT2D eigenvalue weighted by Gasteiger charge is 2.54. The quantitative estimate of drug-likeness (QED) is 0.0203. The Labute approximate surface area is 859 Å². The number of sulfonamides is 3. The number of benzene rings is 5. The van der Waals surface area contributed by atoms with Crippen LogP contribution in [0.2, 0.25) is 0 Å². The number of fused-ring (bicyclic) bond motifs is 5. The van der Waals surface area contributed by atoms with Gasteiger partial charge >= 0.3 is 22.6 Å². The topological polar surface area (TPSA) is 510 Å². The molecule has 37 nitrogen and oxygen atoms in total. The maximum Gasteiger partial charge on any atom is 0.351 e. The fourth-order valence-electron chi connectivity index (χ4n) is 17.8. The normalized spacial score (nSPS) is 22.4. The van der Waals surface area contributed by atoms with Gasteiger partial charge in [0.15, 0.2) is 17.5 Å². The molecule has 0 saturated heterocycles. The minimum absolute atomic E-state index is 0.00251. The predicted molar refractivity (Wildman–Crippen MR) is 581 cm³/mol. The van der Waals surface area contributed by atoms with E-state index in [0.717, 1.165) is 59.4 Å². The SMILES string of the molecule is CC(C)(C)CCN1C(=O)C(C2=NP(C)(=O)c3cc(NS(C)(=O)=O)ccc3N2)=C(O)C1C(C)(C)C.CCOP1(=O)N=C(C2=C(O)C(C(C)(C)C)N(CCC(C)(C)C)C2=O)Nc2cccc(F)c21.CCOP1(=O)N=C(C2=C(O)C(Cc3c[nH]c4ccccc34)N(CCC(C)(C)C)C2=O)Nc2ccc(NS(C)(=O)=O)cc21.CCOP1(=O)N=C(C2=C(O)C(Cc3cccs3)N(CCC(C)(C)C)C2=O)Nc2ccc(NS(C)(=O)=O)cc21. The standard InChI is InChI=1S/C29H36N5O6PS.C25H33N4O6PS2.C23H33FN3O4P.C23H35N4O5PS/c1-6-40-41(37)24-16-19(33-42(5,38)39)11-12-22(24)31-27(32-41)25-26(35)23(34(28(25)36)14-13-29(2,3)4)15-18-17-30-21-10-8-7-9-20(18)21;1-6-35-36(32)20-14-16(28-38(5,33)34)9-10-18(20)26-23(27-36)21-22(30)19(15-17-8-7-13-37-17)29(24(21)31)12-11-25(2,3)4;1-8-31-32(30)18-14(24)10-9-11-15(18)25-20(26-32)16-17(28)19(23(5,6)7)27(21(16)29)13-12-22(2,3)4;1-22(2,3)11-12-27-19(23(4,5)6)18(28)17(21(27)29)20-24-15-10-9-14(26-34(8,31)32)13-16(15)33(7,30)25-20/h7-12,16-17,23,30,33,35H,6,13-15H2,1-5H3,(H,31,32,37);7-10,13-14,19,28,30H,6,11-12,15H2,1-5H3,(H,26,27,32);9-11,19,28H,8,12-13H2,1-7H3,(H,25,26,30);9-10,13,19,26,28H,11-12H2,1-8H3,(H,24,25,30). The Morgan fingerprint density at radius 3 is 1.16 bits per heavy atom. The number of aromatic amines is 1. The van der Waals surface area contributed by atoms with Crippen LogP contribution in [0, 0.1) is 38.3 Å². The molecule has 8 aliphatic rings. The number of nitrogens with one attached hydrogen (secondary N) is 8. The number of aliphatic hydroxyl groups is 4. The highest BCUT2D eigenvalue weighted by atomic mass is 32.2. The molecule has 8 aliphatic heterocycles. The summed E-state index contributed by atoms with van der Waals surface area (Å²) in [7, 11) is -25.9. The fourth-order valence-corrected chi connectivity index (χ4v) is 27.3. The summed E-state index contributed by atoms with van der Waals surface area (Å²) in [6, 6.07) is 27.1. The molecule has 0 radical (unpaired) electrons. The van der Waals surface area contributed by atoms with Crippen molar-refractivity contribution >= 4 is 190 Å². The average Bonchev–Trinajstić information content (AvgIpc) is 1.64. The van der Waals surface area contributed by atoms with Crippen molar-refractivity contribution in [2.24, 2.45) is 51.5 Å². The lowest BCUT2D eigenvalue weighted by Gasteiger charge is -2.36. The molecule has 46 heteroatoms. The van der Waals surface area contributed by atoms with Crippen LogP contribution in [-0.4, -0.2) is 213 Å². The molecule has 146 heavy (non-hydrogen) atoms. The molecule has 794 valence electrons. The van der Waals surface area contributed by atoms with Crippen molar-refractivity contribution in [3.8, 4) is 0 Å². The van der Waals surface area contributed by atoms with Crippen LogP contribution in [0.15, 0.2) is 185 Å². The average molecular weight is 2170 g/mol. The summed E-state index contributed by atoms with van der Waals surface area (Å²) in [6.45, 7) is 45.1. The van der Waals surface area contributed by atoms with Gasteiger partial charge in [0.05, 0.1) is 101 Å². The number of thiophene rings is 1. The first-order chi connectivity index (χ1) is 67.4. The second-order valence-corrected chi connectivity index (χ2v) is 58.8. The van der Waals surface area contributed by atoms with E-state index in [9.17, 15) is 87.5 Å². The number of hydrogen-bond donors (Lipinski definition) is 12. The molecular formula is C100H137FN16O21P4S4. The lowest BCUT2D eigenvalue weighted by molar-refractivity contribution is -0.129. The van der Waals surface area contributed by atoms with Crippen molar-refractivity contribution in [2.45, 2.75) is 208 Å². The molecule has 4 amide bonds. The fraction of sp³-hybridized carbons (Fsp3) is 0.480. The van der Waals surface area contributed by atoms with Gasteiger partial charge in [0, 0.05) is 84.7 Å². The summed E-state index contributed by atoms with van der Waals surface area (Å²) in [4.78, 5) is 65.7. The van der Waals surface area contributed by atoms with E-state index in [-0.39, 0.29) is 155 Å². The Bertz CT molecular complexity index is 7160. The van der Waals surface area contributed by atoms with E-state index in [1.54, 1.807) is 76.0 Å². The lowest BCUT2D eigenvalue weighted by Crippen LogP contribution is -2.45. The molecule has 12 N–H and O–H groups in total. The summed E-state index contributed by atoms with van der Waals surface area (Å²) in [5.74, 6) is -2.87. The molecule has 0 fully saturated rings. The Morgan fingerprint density at radius 1 is 0.425 bits per heavy atom. The van der Waals surface area contributed by atoms with Gasteiger partial charge in [-0.1, -0.05) is 155 Å². The van der Waals surface area contributed by atoms with Crippen LogP contribution < -0.4 is 56.7 Å². The third-order valence-electron chi connectivity index (χ3n) is 24.6. The second-order valence-electron chi connectivity index (χ2n) is 44.1. The van der Waals surface area contributed by atoms with Crippen molar-refractivity contribution in [3.63, 3.8) is 0 Å². The number of rotatable bonds is 28. The summed E-state index contributed by atoms with van der Waals surface area (Å²) < 4.78 is 181. The zero-order chi connectivity index (χ0) is 108. The van der Waals surface area contributed by atoms with E-state index in [1.165, 1.54) is 55.2 Å². The first-order valence-corrected chi connectivity index (χ1v) is 61.3. The summed E-state index contributed by atoms with van der Waals surface area (Å²) in [5, 5.41) is 61.0. The van der Waals surface area contributed by atoms with Crippen LogP contribution >= 0.6 is 41.2 Å². The predicted octanol–water partition coefficient (Wildman–Crippen LogP) is 18.4. The smallest absolute Gasteiger partial charge is 0.351 e. The molecule has 0 saturated carbocycles. The zero-order valence-corrected chi connectivity index (χ0v) is 94.0. The van der Waals surface area contributed by atoms with Crippen LogP contribution in [0.25, 0.3) is 10.9 Å². The molecule has 0 aliphatic carbocycles. The molecule has 5 aromatic carbocycles. The van der Waals surface area contributed by atoms with Crippen LogP contribution in [0.4, 0.5) is 44.2 Å². The third-order valence-corrected chi connectivity index (χ3v) is 35.4. The van der Waals surface area contributed by atoms with Crippen molar-refractivity contribution in [2.75, 3.05) is 107 Å². The molecule has 10 heterocycles. The van der Waals surface area contributed by atoms with Crippen LogP contribution in [-0.2, 0) is 93.9 Å². The number of carbonyl (C=O) groups is 4. The number of H-pyrrole nitrogens is 1. The number of para-hydroxylation sites is 1. The minimum atomic E-state index is -3.99. The molecule has 7 aromatic rings. The Hall–Kier alpha value is -10.8. The molecule has 8 atom stereocenters. The summed E-state index contributed by atoms with van der Waals surface area (Å²) in [6.07, 6.45) is 8.65. The van der Waals surface area contributed by atoms with Crippen LogP contribution in [0.5, 0.6) is 0 Å². The van der Waals surface area contributed by atoms with Crippen molar-refractivity contribution < 1.29 is 101 Å². The van der Waals surface area contributed by atoms with Gasteiger partial charge in [-0.15, -0.1) is 11.3 Å². The lowest BCUT2D eigenvalue weighted by atomic mass is 9.84. The number of aromatic nitrogens is 1. The molecule has 0 bridgehead atoms. The van der Waals surface area contributed by atoms with Crippen molar-refractivity contribution in [1.82, 2.24) is 24.6 Å². The van der Waals surface area contributed by atoms with Gasteiger partial charge in [0.25, 0.3) is 23.6 Å². The van der Waals surface area contributed by atoms with Crippen LogP contribution in [0.1, 0.15) is 182 Å². The van der Waals surface area contributed by atoms with Gasteiger partial charge in [0.2, 0.25) is 37.4 Å². The number of aliphatic hydroxyl groups excluding tert-OH is 4. The zero-order valence-electron chi connectivity index (χ0n) is 87.2. The number of nitrogens with zero attached hydrogens (tertiary/aromatic N) is 8. The van der Waals surface area contributed by atoms with E-state index < -0.39 is 118 Å². The Balaban J connectivity index is 0.000000174. The number of amides is 4. The maximum absolute atomic E-state index is 14.5. The van der Waals surface area contributed by atoms with Gasteiger partial charge in [-0.05, 0) is 169 Å². The second kappa shape index (κ2) is 42.7. The van der Waals surface area contributed by atoms with E-state index >= 15 is 0 Å². The highest BCUT2D eigenvalue weighted by molar-refractivity contribution is 7.92. The minimum Gasteiger partial charge on any atom is -0.509 e. The Morgan fingerprint density at radius 2 is 0.774 bits per heavy atom. The van der Waals surface area contributed by atoms with Crippen molar-refractivity contribution in [3.05, 3.63) is 182 Å². The largest absolute Gasteiger partial charge is 0.509 e. The molecule has 8 unspecified atom stereocenters. The number of amidine groups is 4. The highest BCUT2D eigenvalue weighted by Crippen LogP contribution is 2.58. The van der Waals surface area contributed by atoms with Crippen molar-refractivity contribution in [1.29, 1.82) is 0 Å². The van der Waals surface area contributed by atoms with Gasteiger partial charge < -0.3 is 79.8 Å². The summed E-state index contributed by atoms with van der Waals surface area (Å²) in [5.41, 5.74) is 2.80. The van der Waals surface area contributed by atoms with E-state index in [1.807, 2.05) is 89.5 Å². The third kappa shape index (κ3) is 26.6. The van der Waals surface area contributed by atoms with Gasteiger partial charge in [-0.25, -0.2) is 34.4 Å². The summed E-state index contributed by atoms with van der Waals surface area (Å²) >= 11 is 1.55. The van der Waals surface area contributed by atoms with Gasteiger partial charge in [-0.2, -0.15) is 14.3 Å². The first kappa shape index (κ1) is 114. The van der Waals surface area contributed by atoms with E-state index in [4.69, 9.17) is 13.6 Å². The van der Waals surface area contributed by atoms with Crippen LogP contribution in [0.3, 0.4) is 0 Å². The first-order valence-electron chi connectivity index (χ1n) is 47.9. The Kier molecular flexibility index (Phi) is 33.3. The van der Waals surface area contributed by atoms with E-state index in [2.05, 4.69) is 143 Å². The number of anilines is 7. The maximum atomic E-state index is 14.5. The molecular weight excluding hydrogens is 2030 g/mol.